The molecule has 0 aromatic heterocycles. The lowest BCUT2D eigenvalue weighted by Gasteiger charge is -2.11. The molecule has 0 atom stereocenters. The zero-order valence-electron chi connectivity index (χ0n) is 10.6. The molecular weight excluding hydrogens is 250 g/mol. The molecule has 0 aliphatic carbocycles. The maximum atomic E-state index is 10.3. The highest BCUT2D eigenvalue weighted by molar-refractivity contribution is 5.92. The van der Waals surface area contributed by atoms with Crippen LogP contribution in [-0.2, 0) is 0 Å². The van der Waals surface area contributed by atoms with Crippen molar-refractivity contribution in [1.29, 1.82) is 5.26 Å². The minimum absolute atomic E-state index is 0.0106. The maximum Gasteiger partial charge on any atom is 0.187 e. The van der Waals surface area contributed by atoms with E-state index in [1.54, 1.807) is 24.3 Å². The van der Waals surface area contributed by atoms with Crippen LogP contribution in [0.25, 0.3) is 10.8 Å². The average Bonchev–Trinajstić information content (AvgIpc) is 2.51. The van der Waals surface area contributed by atoms with Gasteiger partial charge in [-0.1, -0.05) is 42.5 Å². The Balaban J connectivity index is 2.19. The molecule has 3 aromatic carbocycles. The van der Waals surface area contributed by atoms with E-state index in [0.29, 0.717) is 16.7 Å². The Morgan fingerprint density at radius 3 is 2.40 bits per heavy atom. The number of para-hydroxylation sites is 1. The summed E-state index contributed by atoms with van der Waals surface area (Å²) in [5, 5.41) is 21.1. The van der Waals surface area contributed by atoms with Gasteiger partial charge in [-0.25, -0.2) is 0 Å². The predicted molar refractivity (Wildman–Crippen MR) is 76.8 cm³/mol. The predicted octanol–water partition coefficient (Wildman–Crippen LogP) is 4.21. The Hall–Kier alpha value is -2.99. The van der Waals surface area contributed by atoms with E-state index in [2.05, 4.69) is 6.07 Å². The second-order valence-electron chi connectivity index (χ2n) is 4.35. The molecule has 3 nitrogen and oxygen atoms in total. The molecule has 3 heteroatoms. The highest BCUT2D eigenvalue weighted by Crippen LogP contribution is 2.40. The number of phenols is 1. The Kier molecular flexibility index (Phi) is 2.98. The molecular formula is C17H11NO2. The molecule has 0 amide bonds. The molecule has 0 unspecified atom stereocenters. The summed E-state index contributed by atoms with van der Waals surface area (Å²) in [5.74, 6) is 0.760. The van der Waals surface area contributed by atoms with Crippen molar-refractivity contribution in [3.05, 3.63) is 66.2 Å². The summed E-state index contributed by atoms with van der Waals surface area (Å²) in [7, 11) is 0. The third-order valence-corrected chi connectivity index (χ3v) is 3.06. The fourth-order valence-electron chi connectivity index (χ4n) is 2.10. The smallest absolute Gasteiger partial charge is 0.187 e. The highest BCUT2D eigenvalue weighted by Gasteiger charge is 2.14. The SMILES string of the molecule is N#Cc1cc2ccccc2c(O)c1Oc1ccccc1. The Morgan fingerprint density at radius 2 is 1.65 bits per heavy atom. The van der Waals surface area contributed by atoms with E-state index in [1.165, 1.54) is 0 Å². The molecule has 0 saturated heterocycles. The molecule has 0 aliphatic heterocycles. The summed E-state index contributed by atoms with van der Waals surface area (Å²) in [6, 6.07) is 20.2. The number of ether oxygens (including phenoxy) is 1. The first kappa shape index (κ1) is 12.1. The van der Waals surface area contributed by atoms with E-state index in [9.17, 15) is 10.4 Å². The number of hydrogen-bond acceptors (Lipinski definition) is 3. The zero-order valence-corrected chi connectivity index (χ0v) is 10.6. The monoisotopic (exact) mass is 261 g/mol. The second-order valence-corrected chi connectivity index (χ2v) is 4.35. The Morgan fingerprint density at radius 1 is 0.950 bits per heavy atom. The molecule has 0 spiro atoms. The molecule has 3 rings (SSSR count). The van der Waals surface area contributed by atoms with Crippen LogP contribution in [0.1, 0.15) is 5.56 Å². The van der Waals surface area contributed by atoms with Crippen molar-refractivity contribution < 1.29 is 9.84 Å². The topological polar surface area (TPSA) is 53.2 Å². The van der Waals surface area contributed by atoms with Gasteiger partial charge in [-0.05, 0) is 23.6 Å². The number of nitriles is 1. The summed E-state index contributed by atoms with van der Waals surface area (Å²) < 4.78 is 5.67. The maximum absolute atomic E-state index is 10.3. The number of benzene rings is 3. The molecule has 0 radical (unpaired) electrons. The number of aromatic hydroxyl groups is 1. The average molecular weight is 261 g/mol. The van der Waals surface area contributed by atoms with Crippen LogP contribution < -0.4 is 4.74 Å². The van der Waals surface area contributed by atoms with E-state index in [0.717, 1.165) is 5.39 Å². The Bertz CT molecular complexity index is 804. The zero-order chi connectivity index (χ0) is 13.9. The summed E-state index contributed by atoms with van der Waals surface area (Å²) in [6.45, 7) is 0. The van der Waals surface area contributed by atoms with E-state index in [4.69, 9.17) is 4.74 Å². The number of rotatable bonds is 2. The van der Waals surface area contributed by atoms with Crippen molar-refractivity contribution >= 4 is 10.8 Å². The minimum atomic E-state index is -0.0106. The van der Waals surface area contributed by atoms with E-state index in [-0.39, 0.29) is 11.5 Å². The molecule has 0 aliphatic rings. The van der Waals surface area contributed by atoms with Crippen LogP contribution in [0.5, 0.6) is 17.2 Å². The van der Waals surface area contributed by atoms with Gasteiger partial charge in [-0.2, -0.15) is 5.26 Å². The normalized spacial score (nSPS) is 10.2. The van der Waals surface area contributed by atoms with Gasteiger partial charge in [0, 0.05) is 5.39 Å². The molecule has 0 bridgehead atoms. The second kappa shape index (κ2) is 4.94. The van der Waals surface area contributed by atoms with Gasteiger partial charge >= 0.3 is 0 Å². The van der Waals surface area contributed by atoms with Crippen LogP contribution in [0.2, 0.25) is 0 Å². The quantitative estimate of drug-likeness (QED) is 0.751. The van der Waals surface area contributed by atoms with Gasteiger partial charge in [0.1, 0.15) is 11.8 Å². The van der Waals surface area contributed by atoms with Crippen molar-refractivity contribution in [3.8, 4) is 23.3 Å². The Labute approximate surface area is 116 Å². The van der Waals surface area contributed by atoms with Crippen molar-refractivity contribution in [2.45, 2.75) is 0 Å². The van der Waals surface area contributed by atoms with Gasteiger partial charge in [0.15, 0.2) is 11.5 Å². The summed E-state index contributed by atoms with van der Waals surface area (Å²) in [4.78, 5) is 0. The lowest BCUT2D eigenvalue weighted by Crippen LogP contribution is -1.90. The fraction of sp³-hybridized carbons (Fsp3) is 0. The minimum Gasteiger partial charge on any atom is -0.504 e. The first-order valence-corrected chi connectivity index (χ1v) is 6.17. The summed E-state index contributed by atoms with van der Waals surface area (Å²) in [5.41, 5.74) is 0.310. The largest absolute Gasteiger partial charge is 0.504 e. The van der Waals surface area contributed by atoms with Crippen molar-refractivity contribution in [2.75, 3.05) is 0 Å². The lowest BCUT2D eigenvalue weighted by molar-refractivity contribution is 0.415. The van der Waals surface area contributed by atoms with Gasteiger partial charge in [0.25, 0.3) is 0 Å². The standard InChI is InChI=1S/C17H11NO2/c18-11-13-10-12-6-4-5-9-15(12)16(19)17(13)20-14-7-2-1-3-8-14/h1-10,19H. The molecule has 96 valence electrons. The van der Waals surface area contributed by atoms with Crippen LogP contribution >= 0.6 is 0 Å². The number of fused-ring (bicyclic) bond motifs is 1. The number of hydrogen-bond donors (Lipinski definition) is 1. The van der Waals surface area contributed by atoms with E-state index >= 15 is 0 Å². The fourth-order valence-corrected chi connectivity index (χ4v) is 2.10. The van der Waals surface area contributed by atoms with Gasteiger partial charge in [-0.15, -0.1) is 0 Å². The highest BCUT2D eigenvalue weighted by atomic mass is 16.5. The van der Waals surface area contributed by atoms with Crippen LogP contribution in [0, 0.1) is 11.3 Å². The van der Waals surface area contributed by atoms with Crippen LogP contribution in [0.15, 0.2) is 60.7 Å². The van der Waals surface area contributed by atoms with E-state index < -0.39 is 0 Å². The van der Waals surface area contributed by atoms with Gasteiger partial charge < -0.3 is 9.84 Å². The van der Waals surface area contributed by atoms with E-state index in [1.807, 2.05) is 36.4 Å². The van der Waals surface area contributed by atoms with Crippen LogP contribution in [0.4, 0.5) is 0 Å². The van der Waals surface area contributed by atoms with Gasteiger partial charge in [0.05, 0.1) is 5.56 Å². The van der Waals surface area contributed by atoms with Crippen molar-refractivity contribution in [3.63, 3.8) is 0 Å². The number of nitrogens with zero attached hydrogens (tertiary/aromatic N) is 1. The molecule has 0 fully saturated rings. The first-order chi connectivity index (χ1) is 9.79. The van der Waals surface area contributed by atoms with Gasteiger partial charge in [0.2, 0.25) is 0 Å². The first-order valence-electron chi connectivity index (χ1n) is 6.17. The van der Waals surface area contributed by atoms with Crippen LogP contribution in [0.3, 0.4) is 0 Å². The summed E-state index contributed by atoms with van der Waals surface area (Å²) >= 11 is 0. The third kappa shape index (κ3) is 2.04. The molecule has 3 aromatic rings. The van der Waals surface area contributed by atoms with Crippen molar-refractivity contribution in [2.24, 2.45) is 0 Å². The van der Waals surface area contributed by atoms with Crippen LogP contribution in [-0.4, -0.2) is 5.11 Å². The molecule has 0 heterocycles. The van der Waals surface area contributed by atoms with Gasteiger partial charge in [-0.3, -0.25) is 0 Å². The van der Waals surface area contributed by atoms with Crippen molar-refractivity contribution in [1.82, 2.24) is 0 Å². The number of phenolic OH excluding ortho intramolecular Hbond substituents is 1. The summed E-state index contributed by atoms with van der Waals surface area (Å²) in [6.07, 6.45) is 0. The molecule has 0 saturated carbocycles. The molecule has 1 N–H and O–H groups in total. The molecule has 20 heavy (non-hydrogen) atoms. The third-order valence-electron chi connectivity index (χ3n) is 3.06. The lowest BCUT2D eigenvalue weighted by atomic mass is 10.1.